The molecule has 0 atom stereocenters. The molecule has 0 saturated heterocycles. The van der Waals surface area contributed by atoms with E-state index in [0.717, 1.165) is 5.69 Å². The van der Waals surface area contributed by atoms with Crippen molar-refractivity contribution in [1.82, 2.24) is 9.88 Å². The van der Waals surface area contributed by atoms with Crippen LogP contribution in [-0.4, -0.2) is 42.0 Å². The number of hydrogen-bond acceptors (Lipinski definition) is 5. The van der Waals surface area contributed by atoms with Crippen LogP contribution in [0.1, 0.15) is 12.1 Å². The number of ether oxygens (including phenoxy) is 2. The maximum absolute atomic E-state index is 12.4. The van der Waals surface area contributed by atoms with Gasteiger partial charge < -0.3 is 14.4 Å². The molecule has 0 saturated carbocycles. The number of benzene rings is 1. The van der Waals surface area contributed by atoms with Crippen LogP contribution >= 0.6 is 0 Å². The van der Waals surface area contributed by atoms with Crippen molar-refractivity contribution in [2.45, 2.75) is 13.0 Å². The van der Waals surface area contributed by atoms with E-state index in [2.05, 4.69) is 9.72 Å². The van der Waals surface area contributed by atoms with Crippen molar-refractivity contribution in [3.63, 3.8) is 0 Å². The van der Waals surface area contributed by atoms with Crippen molar-refractivity contribution < 1.29 is 19.1 Å². The largest absolute Gasteiger partial charge is 0.484 e. The molecule has 0 fully saturated rings. The van der Waals surface area contributed by atoms with E-state index in [4.69, 9.17) is 4.74 Å². The second-order valence-corrected chi connectivity index (χ2v) is 5.06. The first-order valence-electron chi connectivity index (χ1n) is 7.61. The lowest BCUT2D eigenvalue weighted by Crippen LogP contribution is -2.36. The summed E-state index contributed by atoms with van der Waals surface area (Å²) in [5.74, 6) is 0.0443. The number of pyridine rings is 1. The van der Waals surface area contributed by atoms with Gasteiger partial charge in [0.1, 0.15) is 5.75 Å². The third kappa shape index (κ3) is 5.72. The minimum absolute atomic E-state index is 0.0992. The van der Waals surface area contributed by atoms with Crippen LogP contribution in [0.5, 0.6) is 5.75 Å². The van der Waals surface area contributed by atoms with Gasteiger partial charge in [-0.05, 0) is 24.3 Å². The van der Waals surface area contributed by atoms with Crippen molar-refractivity contribution in [3.05, 3.63) is 60.4 Å². The van der Waals surface area contributed by atoms with E-state index < -0.39 is 0 Å². The van der Waals surface area contributed by atoms with E-state index in [-0.39, 0.29) is 31.4 Å². The molecule has 1 amide bonds. The fourth-order valence-corrected chi connectivity index (χ4v) is 2.06. The third-order valence-electron chi connectivity index (χ3n) is 3.35. The lowest BCUT2D eigenvalue weighted by molar-refractivity contribution is -0.142. The summed E-state index contributed by atoms with van der Waals surface area (Å²) in [6, 6.07) is 14.6. The van der Waals surface area contributed by atoms with Gasteiger partial charge in [-0.2, -0.15) is 0 Å². The second kappa shape index (κ2) is 9.29. The minimum Gasteiger partial charge on any atom is -0.484 e. The Balaban J connectivity index is 1.97. The number of aromatic nitrogens is 1. The molecule has 0 spiro atoms. The highest BCUT2D eigenvalue weighted by molar-refractivity contribution is 5.78. The summed E-state index contributed by atoms with van der Waals surface area (Å²) in [4.78, 5) is 29.6. The van der Waals surface area contributed by atoms with E-state index in [0.29, 0.717) is 12.3 Å². The van der Waals surface area contributed by atoms with Crippen LogP contribution in [0.25, 0.3) is 0 Å². The summed E-state index contributed by atoms with van der Waals surface area (Å²) in [5, 5.41) is 0. The van der Waals surface area contributed by atoms with Gasteiger partial charge in [0, 0.05) is 12.7 Å². The van der Waals surface area contributed by atoms with Gasteiger partial charge in [-0.15, -0.1) is 0 Å². The zero-order chi connectivity index (χ0) is 17.2. The highest BCUT2D eigenvalue weighted by Crippen LogP contribution is 2.09. The Morgan fingerprint density at radius 2 is 1.83 bits per heavy atom. The highest BCUT2D eigenvalue weighted by atomic mass is 16.5. The van der Waals surface area contributed by atoms with Gasteiger partial charge in [0.05, 0.1) is 25.8 Å². The molecule has 0 aliphatic carbocycles. The number of amides is 1. The average Bonchev–Trinajstić information content (AvgIpc) is 2.64. The molecular formula is C18H20N2O4. The Bertz CT molecular complexity index is 647. The SMILES string of the molecule is COC(=O)CCN(Cc1ccccn1)C(=O)COc1ccccc1. The van der Waals surface area contributed by atoms with Crippen LogP contribution in [0.3, 0.4) is 0 Å². The van der Waals surface area contributed by atoms with Crippen LogP contribution in [0.2, 0.25) is 0 Å². The molecule has 0 aliphatic rings. The Morgan fingerprint density at radius 1 is 1.08 bits per heavy atom. The number of nitrogens with zero attached hydrogens (tertiary/aromatic N) is 2. The molecule has 24 heavy (non-hydrogen) atoms. The normalized spacial score (nSPS) is 10.0. The molecule has 1 aromatic heterocycles. The Morgan fingerprint density at radius 3 is 2.50 bits per heavy atom. The van der Waals surface area contributed by atoms with Crippen molar-refractivity contribution in [2.75, 3.05) is 20.3 Å². The molecule has 0 bridgehead atoms. The van der Waals surface area contributed by atoms with Gasteiger partial charge in [0.2, 0.25) is 0 Å². The second-order valence-electron chi connectivity index (χ2n) is 5.06. The number of para-hydroxylation sites is 1. The first-order chi connectivity index (χ1) is 11.7. The molecule has 0 radical (unpaired) electrons. The summed E-state index contributed by atoms with van der Waals surface area (Å²) in [7, 11) is 1.33. The molecule has 126 valence electrons. The van der Waals surface area contributed by atoms with Crippen LogP contribution in [-0.2, 0) is 20.9 Å². The molecule has 0 N–H and O–H groups in total. The third-order valence-corrected chi connectivity index (χ3v) is 3.35. The maximum Gasteiger partial charge on any atom is 0.307 e. The Labute approximate surface area is 141 Å². The van der Waals surface area contributed by atoms with Gasteiger partial charge >= 0.3 is 5.97 Å². The molecule has 6 heteroatoms. The van der Waals surface area contributed by atoms with Crippen molar-refractivity contribution in [2.24, 2.45) is 0 Å². The van der Waals surface area contributed by atoms with E-state index in [1.54, 1.807) is 23.2 Å². The molecule has 2 rings (SSSR count). The average molecular weight is 328 g/mol. The number of methoxy groups -OCH3 is 1. The summed E-state index contributed by atoms with van der Waals surface area (Å²) >= 11 is 0. The van der Waals surface area contributed by atoms with Crippen molar-refractivity contribution >= 4 is 11.9 Å². The number of hydrogen-bond donors (Lipinski definition) is 0. The summed E-state index contributed by atoms with van der Waals surface area (Å²) in [6.07, 6.45) is 1.79. The number of carbonyl (C=O) groups excluding carboxylic acids is 2. The quantitative estimate of drug-likeness (QED) is 0.694. The molecule has 0 unspecified atom stereocenters. The Kier molecular flexibility index (Phi) is 6.76. The molecule has 1 aromatic carbocycles. The predicted octanol–water partition coefficient (Wildman–Crippen LogP) is 2.05. The fraction of sp³-hybridized carbons (Fsp3) is 0.278. The topological polar surface area (TPSA) is 68.7 Å². The van der Waals surface area contributed by atoms with Crippen LogP contribution < -0.4 is 4.74 Å². The zero-order valence-electron chi connectivity index (χ0n) is 13.6. The molecule has 6 nitrogen and oxygen atoms in total. The standard InChI is InChI=1S/C18H20N2O4/c1-23-18(22)10-12-20(13-15-7-5-6-11-19-15)17(21)14-24-16-8-3-2-4-9-16/h2-9,11H,10,12-14H2,1H3. The zero-order valence-corrected chi connectivity index (χ0v) is 13.6. The van der Waals surface area contributed by atoms with Gasteiger partial charge in [0.25, 0.3) is 5.91 Å². The van der Waals surface area contributed by atoms with Gasteiger partial charge in [-0.1, -0.05) is 24.3 Å². The van der Waals surface area contributed by atoms with Crippen LogP contribution in [0.4, 0.5) is 0 Å². The lowest BCUT2D eigenvalue weighted by Gasteiger charge is -2.22. The van der Waals surface area contributed by atoms with E-state index >= 15 is 0 Å². The molecule has 2 aromatic rings. The number of esters is 1. The summed E-state index contributed by atoms with van der Waals surface area (Å²) in [5.41, 5.74) is 0.746. The van der Waals surface area contributed by atoms with Crippen LogP contribution in [0, 0.1) is 0 Å². The van der Waals surface area contributed by atoms with E-state index in [1.165, 1.54) is 7.11 Å². The van der Waals surface area contributed by atoms with Crippen molar-refractivity contribution in [1.29, 1.82) is 0 Å². The minimum atomic E-state index is -0.363. The van der Waals surface area contributed by atoms with Crippen molar-refractivity contribution in [3.8, 4) is 5.75 Å². The molecular weight excluding hydrogens is 308 g/mol. The molecule has 1 heterocycles. The number of carbonyl (C=O) groups is 2. The Hall–Kier alpha value is -2.89. The van der Waals surface area contributed by atoms with Gasteiger partial charge in [-0.25, -0.2) is 0 Å². The highest BCUT2D eigenvalue weighted by Gasteiger charge is 2.17. The van der Waals surface area contributed by atoms with Gasteiger partial charge in [0.15, 0.2) is 6.61 Å². The lowest BCUT2D eigenvalue weighted by atomic mass is 10.3. The van der Waals surface area contributed by atoms with E-state index in [9.17, 15) is 9.59 Å². The van der Waals surface area contributed by atoms with Crippen LogP contribution in [0.15, 0.2) is 54.7 Å². The predicted molar refractivity (Wildman–Crippen MR) is 88.2 cm³/mol. The first kappa shape index (κ1) is 17.5. The molecule has 0 aliphatic heterocycles. The maximum atomic E-state index is 12.4. The fourth-order valence-electron chi connectivity index (χ4n) is 2.06. The summed E-state index contributed by atoms with van der Waals surface area (Å²) in [6.45, 7) is 0.465. The first-order valence-corrected chi connectivity index (χ1v) is 7.61. The van der Waals surface area contributed by atoms with E-state index in [1.807, 2.05) is 36.4 Å². The summed E-state index contributed by atoms with van der Waals surface area (Å²) < 4.78 is 10.1. The number of rotatable bonds is 8. The smallest absolute Gasteiger partial charge is 0.307 e. The monoisotopic (exact) mass is 328 g/mol. The van der Waals surface area contributed by atoms with Gasteiger partial charge in [-0.3, -0.25) is 14.6 Å².